The molecule has 0 aliphatic carbocycles. The molecule has 0 spiro atoms. The Hall–Kier alpha value is -1.40. The summed E-state index contributed by atoms with van der Waals surface area (Å²) in [5, 5.41) is 14.0. The van der Waals surface area contributed by atoms with Crippen molar-refractivity contribution >= 4 is 23.2 Å². The average Bonchev–Trinajstić information content (AvgIpc) is 2.94. The summed E-state index contributed by atoms with van der Waals surface area (Å²) in [5.41, 5.74) is 0. The monoisotopic (exact) mass is 310 g/mol. The Morgan fingerprint density at radius 3 is 2.95 bits per heavy atom. The van der Waals surface area contributed by atoms with Crippen molar-refractivity contribution in [1.82, 2.24) is 10.2 Å². The van der Waals surface area contributed by atoms with Gasteiger partial charge in [0.2, 0.25) is 5.91 Å². The number of carbonyl (C=O) groups is 2. The van der Waals surface area contributed by atoms with Gasteiger partial charge < -0.3 is 10.4 Å². The molecule has 2 unspecified atom stereocenters. The SMILES string of the molecule is CC1CC(C(=O)O)CCN1CC(=O)NCCc1cccs1. The summed E-state index contributed by atoms with van der Waals surface area (Å²) >= 11 is 1.70. The minimum absolute atomic E-state index is 0.0205. The molecule has 1 aromatic heterocycles. The van der Waals surface area contributed by atoms with Crippen LogP contribution in [0.2, 0.25) is 0 Å². The number of carbonyl (C=O) groups excluding carboxylic acids is 1. The number of nitrogens with one attached hydrogen (secondary N) is 1. The number of rotatable bonds is 6. The van der Waals surface area contributed by atoms with E-state index in [1.54, 1.807) is 11.3 Å². The fourth-order valence-electron chi connectivity index (χ4n) is 2.70. The molecule has 116 valence electrons. The Bertz CT molecular complexity index is 475. The lowest BCUT2D eigenvalue weighted by molar-refractivity contribution is -0.144. The van der Waals surface area contributed by atoms with Crippen molar-refractivity contribution in [2.45, 2.75) is 32.2 Å². The molecule has 0 bridgehead atoms. The van der Waals surface area contributed by atoms with Crippen molar-refractivity contribution in [2.24, 2.45) is 5.92 Å². The van der Waals surface area contributed by atoms with E-state index in [1.165, 1.54) is 4.88 Å². The lowest BCUT2D eigenvalue weighted by atomic mass is 9.92. The minimum Gasteiger partial charge on any atom is -0.481 e. The second kappa shape index (κ2) is 7.56. The average molecular weight is 310 g/mol. The quantitative estimate of drug-likeness (QED) is 0.837. The van der Waals surface area contributed by atoms with Crippen molar-refractivity contribution in [3.05, 3.63) is 22.4 Å². The fourth-order valence-corrected chi connectivity index (χ4v) is 3.41. The van der Waals surface area contributed by atoms with Crippen LogP contribution in [0.3, 0.4) is 0 Å². The van der Waals surface area contributed by atoms with Crippen molar-refractivity contribution in [1.29, 1.82) is 0 Å². The summed E-state index contributed by atoms with van der Waals surface area (Å²) in [7, 11) is 0. The zero-order valence-electron chi connectivity index (χ0n) is 12.2. The summed E-state index contributed by atoms with van der Waals surface area (Å²) in [6.07, 6.45) is 2.11. The molecular formula is C15H22N2O3S. The van der Waals surface area contributed by atoms with E-state index in [2.05, 4.69) is 16.3 Å². The summed E-state index contributed by atoms with van der Waals surface area (Å²) in [4.78, 5) is 26.3. The highest BCUT2D eigenvalue weighted by molar-refractivity contribution is 7.09. The Balaban J connectivity index is 1.69. The van der Waals surface area contributed by atoms with Crippen molar-refractivity contribution in [3.8, 4) is 0 Å². The van der Waals surface area contributed by atoms with Crippen molar-refractivity contribution in [2.75, 3.05) is 19.6 Å². The molecule has 2 N–H and O–H groups in total. The van der Waals surface area contributed by atoms with E-state index in [9.17, 15) is 9.59 Å². The van der Waals surface area contributed by atoms with Crippen LogP contribution in [0.1, 0.15) is 24.6 Å². The molecule has 2 rings (SSSR count). The van der Waals surface area contributed by atoms with Gasteiger partial charge in [0.1, 0.15) is 0 Å². The smallest absolute Gasteiger partial charge is 0.306 e. The molecule has 1 fully saturated rings. The third kappa shape index (κ3) is 4.82. The maximum Gasteiger partial charge on any atom is 0.306 e. The molecule has 1 aliphatic rings. The summed E-state index contributed by atoms with van der Waals surface area (Å²) in [6.45, 7) is 3.68. The van der Waals surface area contributed by atoms with Gasteiger partial charge >= 0.3 is 5.97 Å². The highest BCUT2D eigenvalue weighted by Crippen LogP contribution is 2.22. The van der Waals surface area contributed by atoms with Gasteiger partial charge in [-0.15, -0.1) is 11.3 Å². The molecule has 2 atom stereocenters. The number of piperidine rings is 1. The third-order valence-electron chi connectivity index (χ3n) is 3.98. The maximum absolute atomic E-state index is 11.9. The van der Waals surface area contributed by atoms with Gasteiger partial charge in [0.05, 0.1) is 12.5 Å². The number of nitrogens with zero attached hydrogens (tertiary/aromatic N) is 1. The molecule has 1 aromatic rings. The highest BCUT2D eigenvalue weighted by atomic mass is 32.1. The van der Waals surface area contributed by atoms with E-state index in [4.69, 9.17) is 5.11 Å². The number of carboxylic acids is 1. The number of carboxylic acid groups (broad SMARTS) is 1. The molecule has 0 radical (unpaired) electrons. The topological polar surface area (TPSA) is 69.6 Å². The van der Waals surface area contributed by atoms with Crippen LogP contribution in [0.5, 0.6) is 0 Å². The summed E-state index contributed by atoms with van der Waals surface area (Å²) < 4.78 is 0. The van der Waals surface area contributed by atoms with Crippen LogP contribution in [0, 0.1) is 5.92 Å². The molecule has 5 nitrogen and oxygen atoms in total. The Labute approximate surface area is 129 Å². The van der Waals surface area contributed by atoms with Gasteiger partial charge in [0, 0.05) is 17.5 Å². The normalized spacial score (nSPS) is 22.9. The minimum atomic E-state index is -0.720. The number of likely N-dealkylation sites (tertiary alicyclic amines) is 1. The van der Waals surface area contributed by atoms with Crippen LogP contribution in [0.4, 0.5) is 0 Å². The number of hydrogen-bond donors (Lipinski definition) is 2. The predicted octanol–water partition coefficient (Wildman–Crippen LogP) is 1.59. The predicted molar refractivity (Wildman–Crippen MR) is 82.4 cm³/mol. The van der Waals surface area contributed by atoms with Crippen LogP contribution < -0.4 is 5.32 Å². The van der Waals surface area contributed by atoms with Gasteiger partial charge in [-0.25, -0.2) is 0 Å². The first-order chi connectivity index (χ1) is 10.1. The molecule has 6 heteroatoms. The van der Waals surface area contributed by atoms with Crippen LogP contribution in [-0.2, 0) is 16.0 Å². The largest absolute Gasteiger partial charge is 0.481 e. The van der Waals surface area contributed by atoms with E-state index in [-0.39, 0.29) is 17.9 Å². The summed E-state index contributed by atoms with van der Waals surface area (Å²) in [5.74, 6) is -0.966. The highest BCUT2D eigenvalue weighted by Gasteiger charge is 2.30. The van der Waals surface area contributed by atoms with Crippen molar-refractivity contribution in [3.63, 3.8) is 0 Å². The van der Waals surface area contributed by atoms with E-state index in [0.29, 0.717) is 32.5 Å². The Morgan fingerprint density at radius 2 is 2.33 bits per heavy atom. The lowest BCUT2D eigenvalue weighted by Gasteiger charge is -2.35. The van der Waals surface area contributed by atoms with E-state index in [0.717, 1.165) is 6.42 Å². The standard InChI is InChI=1S/C15H22N2O3S/c1-11-9-12(15(19)20)5-7-17(11)10-14(18)16-6-4-13-3-2-8-21-13/h2-3,8,11-12H,4-7,9-10H2,1H3,(H,16,18)(H,19,20). The molecule has 21 heavy (non-hydrogen) atoms. The van der Waals surface area contributed by atoms with Crippen LogP contribution in [0.15, 0.2) is 17.5 Å². The van der Waals surface area contributed by atoms with Crippen LogP contribution in [0.25, 0.3) is 0 Å². The lowest BCUT2D eigenvalue weighted by Crippen LogP contribution is -2.47. The molecule has 1 saturated heterocycles. The zero-order chi connectivity index (χ0) is 15.2. The molecule has 0 saturated carbocycles. The maximum atomic E-state index is 11.9. The van der Waals surface area contributed by atoms with Gasteiger partial charge in [-0.3, -0.25) is 14.5 Å². The number of aliphatic carboxylic acids is 1. The number of thiophene rings is 1. The Kier molecular flexibility index (Phi) is 5.76. The van der Waals surface area contributed by atoms with Crippen LogP contribution in [-0.4, -0.2) is 47.6 Å². The third-order valence-corrected chi connectivity index (χ3v) is 4.92. The van der Waals surface area contributed by atoms with Crippen molar-refractivity contribution < 1.29 is 14.7 Å². The first-order valence-corrected chi connectivity index (χ1v) is 8.20. The Morgan fingerprint density at radius 1 is 1.52 bits per heavy atom. The van der Waals surface area contributed by atoms with Crippen LogP contribution >= 0.6 is 11.3 Å². The molecule has 1 amide bonds. The first kappa shape index (κ1) is 16.0. The first-order valence-electron chi connectivity index (χ1n) is 7.32. The van der Waals surface area contributed by atoms with Gasteiger partial charge in [-0.1, -0.05) is 6.07 Å². The van der Waals surface area contributed by atoms with Gasteiger partial charge in [0.25, 0.3) is 0 Å². The van der Waals surface area contributed by atoms with Gasteiger partial charge in [-0.2, -0.15) is 0 Å². The molecule has 2 heterocycles. The number of hydrogen-bond acceptors (Lipinski definition) is 4. The van der Waals surface area contributed by atoms with Gasteiger partial charge in [-0.05, 0) is 44.2 Å². The fraction of sp³-hybridized carbons (Fsp3) is 0.600. The second-order valence-electron chi connectivity index (χ2n) is 5.56. The summed E-state index contributed by atoms with van der Waals surface area (Å²) in [6, 6.07) is 4.22. The second-order valence-corrected chi connectivity index (χ2v) is 6.59. The van der Waals surface area contributed by atoms with E-state index in [1.807, 2.05) is 18.4 Å². The van der Waals surface area contributed by atoms with E-state index < -0.39 is 5.97 Å². The zero-order valence-corrected chi connectivity index (χ0v) is 13.1. The number of amides is 1. The van der Waals surface area contributed by atoms with Gasteiger partial charge in [0.15, 0.2) is 0 Å². The van der Waals surface area contributed by atoms with E-state index >= 15 is 0 Å². The molecule has 1 aliphatic heterocycles. The molecular weight excluding hydrogens is 288 g/mol. The molecule has 0 aromatic carbocycles.